The first-order valence-electron chi connectivity index (χ1n) is 5.86. The fourth-order valence-electron chi connectivity index (χ4n) is 1.97. The van der Waals surface area contributed by atoms with Crippen molar-refractivity contribution in [2.45, 2.75) is 26.2 Å². The highest BCUT2D eigenvalue weighted by Gasteiger charge is 2.14. The molecule has 0 aliphatic carbocycles. The van der Waals surface area contributed by atoms with E-state index in [4.69, 9.17) is 5.73 Å². The second-order valence-corrected chi connectivity index (χ2v) is 4.20. The predicted octanol–water partition coefficient (Wildman–Crippen LogP) is 2.83. The van der Waals surface area contributed by atoms with Gasteiger partial charge >= 0.3 is 0 Å². The molecule has 0 atom stereocenters. The molecular weight excluding hydrogens is 212 g/mol. The zero-order valence-corrected chi connectivity index (χ0v) is 9.94. The second-order valence-electron chi connectivity index (χ2n) is 4.20. The average Bonchev–Trinajstić information content (AvgIpc) is 2.48. The summed E-state index contributed by atoms with van der Waals surface area (Å²) in [7, 11) is 0. The molecule has 0 fully saturated rings. The lowest BCUT2D eigenvalue weighted by Crippen LogP contribution is -2.16. The average molecular weight is 228 g/mol. The van der Waals surface area contributed by atoms with Gasteiger partial charge in [-0.25, -0.2) is 0 Å². The molecule has 3 heteroatoms. The molecule has 1 aromatic carbocycles. The number of nitrogens with zero attached hydrogens (tertiary/aromatic N) is 1. The number of carbonyl (C=O) groups is 1. The van der Waals surface area contributed by atoms with E-state index in [0.717, 1.165) is 29.8 Å². The quantitative estimate of drug-likeness (QED) is 0.849. The summed E-state index contributed by atoms with van der Waals surface area (Å²) in [5.41, 5.74) is 8.95. The summed E-state index contributed by atoms with van der Waals surface area (Å²) in [5.74, 6) is -0.356. The molecule has 3 nitrogen and oxygen atoms in total. The van der Waals surface area contributed by atoms with E-state index < -0.39 is 0 Å². The van der Waals surface area contributed by atoms with Crippen LogP contribution < -0.4 is 5.73 Å². The van der Waals surface area contributed by atoms with E-state index in [1.165, 1.54) is 0 Å². The fourth-order valence-corrected chi connectivity index (χ4v) is 1.97. The predicted molar refractivity (Wildman–Crippen MR) is 70.2 cm³/mol. The summed E-state index contributed by atoms with van der Waals surface area (Å²) < 4.78 is 0. The van der Waals surface area contributed by atoms with Crippen molar-refractivity contribution in [3.05, 3.63) is 35.4 Å². The minimum absolute atomic E-state index is 0.356. The maximum atomic E-state index is 11.4. The lowest BCUT2D eigenvalue weighted by atomic mass is 10.0. The Balaban J connectivity index is 2.48. The maximum absolute atomic E-state index is 11.4. The Labute approximate surface area is 101 Å². The summed E-state index contributed by atoms with van der Waals surface area (Å²) in [4.78, 5) is 16.0. The van der Waals surface area contributed by atoms with Gasteiger partial charge in [-0.3, -0.25) is 9.79 Å². The van der Waals surface area contributed by atoms with Crippen LogP contribution in [0, 0.1) is 0 Å². The minimum atomic E-state index is -0.356. The van der Waals surface area contributed by atoms with E-state index in [0.29, 0.717) is 12.0 Å². The number of primary amides is 1. The van der Waals surface area contributed by atoms with Crippen molar-refractivity contribution in [1.29, 1.82) is 0 Å². The number of hydrogen-bond acceptors (Lipinski definition) is 2. The lowest BCUT2D eigenvalue weighted by Gasteiger charge is -2.03. The van der Waals surface area contributed by atoms with Gasteiger partial charge in [-0.2, -0.15) is 0 Å². The van der Waals surface area contributed by atoms with Crippen molar-refractivity contribution < 1.29 is 4.79 Å². The van der Waals surface area contributed by atoms with Crippen LogP contribution in [0.1, 0.15) is 31.7 Å². The van der Waals surface area contributed by atoms with Crippen molar-refractivity contribution in [3.8, 4) is 0 Å². The smallest absolute Gasteiger partial charge is 0.245 e. The van der Waals surface area contributed by atoms with Crippen LogP contribution in [0.15, 0.2) is 34.8 Å². The number of nitrogens with two attached hydrogens (primary N) is 1. The third kappa shape index (κ3) is 2.61. The highest BCUT2D eigenvalue weighted by molar-refractivity contribution is 6.05. The summed E-state index contributed by atoms with van der Waals surface area (Å²) >= 11 is 0. The molecule has 1 aromatic rings. The Morgan fingerprint density at radius 1 is 1.41 bits per heavy atom. The maximum Gasteiger partial charge on any atom is 0.245 e. The molecule has 1 aliphatic heterocycles. The van der Waals surface area contributed by atoms with Gasteiger partial charge in [0.2, 0.25) is 5.91 Å². The molecular formula is C14H16N2O. The van der Waals surface area contributed by atoms with Gasteiger partial charge < -0.3 is 5.73 Å². The first kappa shape index (κ1) is 11.6. The van der Waals surface area contributed by atoms with Crippen LogP contribution in [0.25, 0.3) is 6.08 Å². The van der Waals surface area contributed by atoms with Crippen LogP contribution in [0.4, 0.5) is 5.69 Å². The molecule has 2 N–H and O–H groups in total. The van der Waals surface area contributed by atoms with E-state index in [2.05, 4.69) is 11.9 Å². The number of hydrogen-bond donors (Lipinski definition) is 1. The summed E-state index contributed by atoms with van der Waals surface area (Å²) in [6, 6.07) is 7.81. The van der Waals surface area contributed by atoms with Gasteiger partial charge in [0.25, 0.3) is 0 Å². The molecule has 0 spiro atoms. The Hall–Kier alpha value is -1.90. The SMILES string of the molecule is CCCC1=Nc2ccccc2C=C(C(N)=O)C1. The molecule has 17 heavy (non-hydrogen) atoms. The minimum Gasteiger partial charge on any atom is -0.366 e. The summed E-state index contributed by atoms with van der Waals surface area (Å²) in [6.07, 6.45) is 4.34. The first-order chi connectivity index (χ1) is 8.20. The third-order valence-electron chi connectivity index (χ3n) is 2.79. The summed E-state index contributed by atoms with van der Waals surface area (Å²) in [5, 5.41) is 0. The zero-order chi connectivity index (χ0) is 12.3. The van der Waals surface area contributed by atoms with E-state index in [1.807, 2.05) is 30.3 Å². The van der Waals surface area contributed by atoms with E-state index in [-0.39, 0.29) is 5.91 Å². The molecule has 1 aliphatic rings. The van der Waals surface area contributed by atoms with E-state index >= 15 is 0 Å². The van der Waals surface area contributed by atoms with Gasteiger partial charge in [0.05, 0.1) is 5.69 Å². The molecule has 0 bridgehead atoms. The van der Waals surface area contributed by atoms with Crippen molar-refractivity contribution in [3.63, 3.8) is 0 Å². The van der Waals surface area contributed by atoms with Crippen molar-refractivity contribution in [1.82, 2.24) is 0 Å². The topological polar surface area (TPSA) is 55.4 Å². The monoisotopic (exact) mass is 228 g/mol. The van der Waals surface area contributed by atoms with Crippen molar-refractivity contribution in [2.24, 2.45) is 10.7 Å². The van der Waals surface area contributed by atoms with E-state index in [1.54, 1.807) is 0 Å². The Bertz CT molecular complexity index is 501. The molecule has 1 amide bonds. The molecule has 0 saturated heterocycles. The summed E-state index contributed by atoms with van der Waals surface area (Å²) in [6.45, 7) is 2.10. The molecule has 0 aromatic heterocycles. The number of benzene rings is 1. The normalized spacial score (nSPS) is 14.4. The standard InChI is InChI=1S/C14H16N2O/c1-2-5-12-9-11(14(15)17)8-10-6-3-4-7-13(10)16-12/h3-4,6-8H,2,5,9H2,1H3,(H2,15,17). The Morgan fingerprint density at radius 2 is 2.18 bits per heavy atom. The van der Waals surface area contributed by atoms with Crippen LogP contribution in [0.5, 0.6) is 0 Å². The number of aliphatic imine (C=N–C) groups is 1. The van der Waals surface area contributed by atoms with Crippen molar-refractivity contribution >= 4 is 23.4 Å². The Morgan fingerprint density at radius 3 is 2.88 bits per heavy atom. The van der Waals surface area contributed by atoms with Crippen LogP contribution in [-0.2, 0) is 4.79 Å². The molecule has 0 saturated carbocycles. The number of carbonyl (C=O) groups excluding carboxylic acids is 1. The second kappa shape index (κ2) is 4.95. The van der Waals surface area contributed by atoms with Gasteiger partial charge in [-0.05, 0) is 18.6 Å². The number of rotatable bonds is 3. The number of para-hydroxylation sites is 1. The van der Waals surface area contributed by atoms with Gasteiger partial charge in [0.1, 0.15) is 0 Å². The molecule has 2 rings (SSSR count). The van der Waals surface area contributed by atoms with Gasteiger partial charge in [0.15, 0.2) is 0 Å². The zero-order valence-electron chi connectivity index (χ0n) is 9.94. The molecule has 0 unspecified atom stereocenters. The number of amides is 1. The number of fused-ring (bicyclic) bond motifs is 1. The third-order valence-corrected chi connectivity index (χ3v) is 2.79. The molecule has 1 heterocycles. The van der Waals surface area contributed by atoms with Crippen LogP contribution >= 0.6 is 0 Å². The van der Waals surface area contributed by atoms with Crippen LogP contribution in [-0.4, -0.2) is 11.6 Å². The van der Waals surface area contributed by atoms with Gasteiger partial charge in [-0.15, -0.1) is 0 Å². The first-order valence-corrected chi connectivity index (χ1v) is 5.86. The van der Waals surface area contributed by atoms with Crippen molar-refractivity contribution in [2.75, 3.05) is 0 Å². The highest BCUT2D eigenvalue weighted by atomic mass is 16.1. The van der Waals surface area contributed by atoms with Gasteiger partial charge in [-0.1, -0.05) is 31.5 Å². The Kier molecular flexibility index (Phi) is 3.38. The lowest BCUT2D eigenvalue weighted by molar-refractivity contribution is -0.114. The largest absolute Gasteiger partial charge is 0.366 e. The molecule has 88 valence electrons. The fraction of sp³-hybridized carbons (Fsp3) is 0.286. The highest BCUT2D eigenvalue weighted by Crippen LogP contribution is 2.27. The van der Waals surface area contributed by atoms with E-state index in [9.17, 15) is 4.79 Å². The van der Waals surface area contributed by atoms with Gasteiger partial charge in [0, 0.05) is 23.3 Å². The molecule has 0 radical (unpaired) electrons. The van der Waals surface area contributed by atoms with Crippen LogP contribution in [0.3, 0.4) is 0 Å². The van der Waals surface area contributed by atoms with Crippen LogP contribution in [0.2, 0.25) is 0 Å².